The van der Waals surface area contributed by atoms with Crippen LogP contribution in [0, 0.1) is 6.92 Å². The van der Waals surface area contributed by atoms with Gasteiger partial charge in [0.1, 0.15) is 0 Å². The van der Waals surface area contributed by atoms with Crippen molar-refractivity contribution in [2.45, 2.75) is 67.2 Å². The fourth-order valence-corrected chi connectivity index (χ4v) is 6.94. The number of aliphatic imine (C=N–C) groups is 4. The maximum atomic E-state index is 13.8. The van der Waals surface area contributed by atoms with Crippen molar-refractivity contribution in [3.8, 4) is 0 Å². The molecule has 0 aliphatic carbocycles. The van der Waals surface area contributed by atoms with Crippen molar-refractivity contribution < 1.29 is 165 Å². The van der Waals surface area contributed by atoms with E-state index in [4.69, 9.17) is 19.7 Å². The molecule has 274 valence electrons. The first-order valence-electron chi connectivity index (χ1n) is 16.5. The molecule has 55 heavy (non-hydrogen) atoms. The van der Waals surface area contributed by atoms with Gasteiger partial charge in [0, 0.05) is 28.2 Å². The minimum absolute atomic E-state index is 0. The van der Waals surface area contributed by atoms with Gasteiger partial charge in [-0.05, 0) is 110 Å². The Labute approximate surface area is 417 Å². The Balaban J connectivity index is 0.00000348. The van der Waals surface area contributed by atoms with Gasteiger partial charge in [0.15, 0.2) is 0 Å². The third-order valence-corrected chi connectivity index (χ3v) is 10.0. The molecule has 0 amide bonds. The van der Waals surface area contributed by atoms with Crippen LogP contribution in [0.5, 0.6) is 0 Å². The maximum absolute atomic E-state index is 13.8. The smallest absolute Gasteiger partial charge is 0.875 e. The molecule has 0 atom stereocenters. The van der Waals surface area contributed by atoms with Gasteiger partial charge in [0.05, 0.1) is 70.2 Å². The number of hydrogen-bond donors (Lipinski definition) is 1. The van der Waals surface area contributed by atoms with E-state index in [0.717, 1.165) is 11.1 Å². The first kappa shape index (κ1) is 49.6. The average Bonchev–Trinajstić information content (AvgIpc) is 3.74. The Hall–Kier alpha value is -1.51. The number of carbonyl (C=O) groups excluding carboxylic acids is 2. The van der Waals surface area contributed by atoms with E-state index in [2.05, 4.69) is 9.98 Å². The predicted molar refractivity (Wildman–Crippen MR) is 190 cm³/mol. The quantitative estimate of drug-likeness (QED) is 0.0775. The van der Waals surface area contributed by atoms with Gasteiger partial charge in [-0.15, -0.1) is 5.76 Å². The topological polar surface area (TPSA) is 235 Å². The zero-order valence-electron chi connectivity index (χ0n) is 32.6. The third kappa shape index (κ3) is 11.0. The van der Waals surface area contributed by atoms with E-state index in [1.807, 2.05) is 13.8 Å². The Morgan fingerprint density at radius 3 is 2.13 bits per heavy atom. The standard InChI is InChI=1S/C37H41N5O9S.2K.Zn/c1-8-22-17(2)25-16-30-33(21(6)43)19(4)27(40-30)14-26-18(3)23(9-10-31(44)45)35(41-26)24(13-32(46)51-7)36-34(37(47)38-11-12-52(48,49)50)20(5)28(42-36)15-29(22)39-25;;;/h14-16,40,43H,8-13H2,1-7H3,(H,38,47)(H,44,45)(H,48,49,50);;;/q;2*+1;+2/p-4/b26-14?,29-15?,30-16?,33-21+,36-24?;;;. The molecule has 4 aliphatic rings. The summed E-state index contributed by atoms with van der Waals surface area (Å²) in [5.41, 5.74) is 6.45. The number of carboxylic acids is 1. The number of nitrogens with one attached hydrogen (secondary N) is 1. The van der Waals surface area contributed by atoms with E-state index < -0.39 is 46.7 Å². The van der Waals surface area contributed by atoms with Gasteiger partial charge < -0.3 is 34.4 Å². The van der Waals surface area contributed by atoms with Crippen LogP contribution in [0.4, 0.5) is 0 Å². The Kier molecular flexibility index (Phi) is 18.5. The molecule has 5 rings (SSSR count). The molecule has 1 N–H and O–H groups in total. The number of nitrogens with zero attached hydrogens (tertiary/aromatic N) is 4. The predicted octanol–water partition coefficient (Wildman–Crippen LogP) is -5.79. The molecule has 0 fully saturated rings. The van der Waals surface area contributed by atoms with E-state index in [-0.39, 0.29) is 163 Å². The van der Waals surface area contributed by atoms with E-state index in [1.165, 1.54) is 14.0 Å². The molecule has 0 unspecified atom stereocenters. The minimum Gasteiger partial charge on any atom is -0.875 e. The van der Waals surface area contributed by atoms with Crippen LogP contribution in [0.25, 0.3) is 17.9 Å². The van der Waals surface area contributed by atoms with Gasteiger partial charge in [-0.3, -0.25) is 9.79 Å². The number of hydrogen-bond acceptors (Lipinski definition) is 13. The number of carboxylic acid groups (broad SMARTS) is 1. The first-order chi connectivity index (χ1) is 24.4. The number of fused-ring (bicyclic) bond motifs is 5. The summed E-state index contributed by atoms with van der Waals surface area (Å²) < 4.78 is 39.0. The van der Waals surface area contributed by atoms with Gasteiger partial charge in [-0.25, -0.2) is 23.4 Å². The molecule has 18 heteroatoms. The molecule has 14 nitrogen and oxygen atoms in total. The molecule has 5 heterocycles. The fourth-order valence-electron chi connectivity index (χ4n) is 6.63. The summed E-state index contributed by atoms with van der Waals surface area (Å²) in [6.07, 6.45) is 4.92. The number of aromatic amines is 1. The van der Waals surface area contributed by atoms with Crippen molar-refractivity contribution in [3.63, 3.8) is 0 Å². The molecule has 0 radical (unpaired) electrons. The summed E-state index contributed by atoms with van der Waals surface area (Å²) in [4.78, 5) is 46.6. The fraction of sp³-hybridized carbons (Fsp3) is 0.351. The zero-order valence-corrected chi connectivity index (χ0v) is 42.6. The number of aromatic nitrogens is 1. The summed E-state index contributed by atoms with van der Waals surface area (Å²) in [5, 5.41) is 39.5. The molecule has 0 saturated carbocycles. The van der Waals surface area contributed by atoms with Crippen molar-refractivity contribution in [2.75, 3.05) is 19.4 Å². The molecule has 4 aliphatic heterocycles. The second-order valence-corrected chi connectivity index (χ2v) is 14.2. The van der Waals surface area contributed by atoms with Gasteiger partial charge in [-0.1, -0.05) is 13.8 Å². The number of carbonyl (C=O) groups is 2. The maximum Gasteiger partial charge on any atom is 2.00 e. The van der Waals surface area contributed by atoms with E-state index >= 15 is 0 Å². The zero-order chi connectivity index (χ0) is 38.2. The van der Waals surface area contributed by atoms with Gasteiger partial charge in [0.2, 0.25) is 0 Å². The van der Waals surface area contributed by atoms with Crippen molar-refractivity contribution in [2.24, 2.45) is 20.0 Å². The number of esters is 1. The number of H-pyrrole nitrogens is 1. The second-order valence-electron chi connectivity index (χ2n) is 12.6. The summed E-state index contributed by atoms with van der Waals surface area (Å²) in [6, 6.07) is 0. The van der Waals surface area contributed by atoms with Gasteiger partial charge in [0.25, 0.3) is 0 Å². The molecule has 1 aromatic rings. The SMILES string of the molecule is CCC1=C(C)C2=NC1=CC1=NC(=C(CC(=O)OC)C3=NC(=Cc4[nH]c(/c(=C(\C)[O-])c4C)=C2)C(C)=C3CCC(=O)[O-])C(C([O-])=NCCS(=O)(=O)[O-])=C1C.[K+].[K+].[Zn+2]. The summed E-state index contributed by atoms with van der Waals surface area (Å²) in [7, 11) is -3.49. The number of methoxy groups -OCH3 is 1. The van der Waals surface area contributed by atoms with Crippen LogP contribution >= 0.6 is 0 Å². The van der Waals surface area contributed by atoms with E-state index in [1.54, 1.807) is 39.0 Å². The summed E-state index contributed by atoms with van der Waals surface area (Å²) >= 11 is 0. The van der Waals surface area contributed by atoms with Crippen LogP contribution in [-0.4, -0.2) is 72.3 Å². The number of aliphatic carboxylic acids is 1. The summed E-state index contributed by atoms with van der Waals surface area (Å²) in [6.45, 7) is 9.92. The van der Waals surface area contributed by atoms with Crippen LogP contribution in [0.3, 0.4) is 0 Å². The number of allylic oxidation sites excluding steroid dienone is 6. The van der Waals surface area contributed by atoms with E-state index in [0.29, 0.717) is 67.8 Å². The van der Waals surface area contributed by atoms with Crippen molar-refractivity contribution in [1.82, 2.24) is 4.98 Å². The largest absolute Gasteiger partial charge is 2.00 e. The van der Waals surface area contributed by atoms with Gasteiger partial charge >= 0.3 is 128 Å². The Bertz CT molecular complexity index is 2390. The normalized spacial score (nSPS) is 17.3. The third-order valence-electron chi connectivity index (χ3n) is 9.34. The van der Waals surface area contributed by atoms with Crippen molar-refractivity contribution in [1.29, 1.82) is 0 Å². The number of rotatable bonds is 10. The number of ether oxygens (including phenoxy) is 1. The summed E-state index contributed by atoms with van der Waals surface area (Å²) in [5.74, 6) is -3.98. The Morgan fingerprint density at radius 1 is 0.891 bits per heavy atom. The molecular weight excluding hydrogens is 834 g/mol. The minimum atomic E-state index is -4.68. The monoisotopic (exact) mass is 869 g/mol. The van der Waals surface area contributed by atoms with Crippen molar-refractivity contribution in [3.05, 3.63) is 84.0 Å². The molecule has 0 aromatic carbocycles. The van der Waals surface area contributed by atoms with Gasteiger partial charge in [-0.2, -0.15) is 0 Å². The van der Waals surface area contributed by atoms with Crippen LogP contribution in [0.2, 0.25) is 0 Å². The van der Waals surface area contributed by atoms with Crippen LogP contribution < -0.4 is 129 Å². The van der Waals surface area contributed by atoms with Crippen LogP contribution in [0.15, 0.2) is 82.1 Å². The average molecular weight is 871 g/mol. The van der Waals surface area contributed by atoms with E-state index in [9.17, 15) is 37.9 Å². The second kappa shape index (κ2) is 20.4. The molecule has 0 spiro atoms. The molecule has 1 aromatic heterocycles. The molecular formula is C37H37K2N5O9SZn. The Morgan fingerprint density at radius 2 is 1.55 bits per heavy atom. The van der Waals surface area contributed by atoms with Crippen LogP contribution in [-0.2, 0) is 43.9 Å². The molecule has 0 saturated heterocycles. The van der Waals surface area contributed by atoms with Crippen molar-refractivity contribution >= 4 is 63.0 Å². The molecule has 8 bridgehead atoms. The first-order valence-corrected chi connectivity index (χ1v) is 18.1. The van der Waals surface area contributed by atoms with Crippen LogP contribution in [0.1, 0.15) is 71.6 Å².